The lowest BCUT2D eigenvalue weighted by Gasteiger charge is -2.33. The van der Waals surface area contributed by atoms with Crippen LogP contribution in [0.5, 0.6) is 0 Å². The van der Waals surface area contributed by atoms with Crippen LogP contribution in [-0.4, -0.2) is 62.2 Å². The molecule has 2 fully saturated rings. The molecule has 2 aliphatic rings. The third-order valence-corrected chi connectivity index (χ3v) is 4.81. The van der Waals surface area contributed by atoms with Crippen molar-refractivity contribution in [2.24, 2.45) is 5.92 Å². The summed E-state index contributed by atoms with van der Waals surface area (Å²) >= 11 is 0. The molecule has 0 aliphatic carbocycles. The van der Waals surface area contributed by atoms with Crippen LogP contribution in [0.25, 0.3) is 0 Å². The first-order valence-electron chi connectivity index (χ1n) is 8.39. The maximum atomic E-state index is 3.71. The van der Waals surface area contributed by atoms with Crippen molar-refractivity contribution >= 4 is 0 Å². The second kappa shape index (κ2) is 8.23. The first-order chi connectivity index (χ1) is 9.25. The molecule has 2 aliphatic heterocycles. The van der Waals surface area contributed by atoms with E-state index in [-0.39, 0.29) is 0 Å². The van der Waals surface area contributed by atoms with Gasteiger partial charge in [-0.2, -0.15) is 0 Å². The van der Waals surface area contributed by atoms with Gasteiger partial charge in [0.05, 0.1) is 0 Å². The molecule has 0 aromatic heterocycles. The van der Waals surface area contributed by atoms with E-state index >= 15 is 0 Å². The first kappa shape index (κ1) is 15.3. The van der Waals surface area contributed by atoms with Crippen LogP contribution < -0.4 is 5.32 Å². The fourth-order valence-electron chi connectivity index (χ4n) is 3.55. The largest absolute Gasteiger partial charge is 0.315 e. The summed E-state index contributed by atoms with van der Waals surface area (Å²) in [6.45, 7) is 9.99. The van der Waals surface area contributed by atoms with Gasteiger partial charge in [0.2, 0.25) is 0 Å². The van der Waals surface area contributed by atoms with Crippen LogP contribution in [0.3, 0.4) is 0 Å². The van der Waals surface area contributed by atoms with E-state index in [1.165, 1.54) is 77.8 Å². The highest BCUT2D eigenvalue weighted by Gasteiger charge is 2.19. The van der Waals surface area contributed by atoms with E-state index in [9.17, 15) is 0 Å². The summed E-state index contributed by atoms with van der Waals surface area (Å²) in [6.07, 6.45) is 8.44. The average Bonchev–Trinajstić information content (AvgIpc) is 2.42. The molecule has 0 amide bonds. The number of piperidine rings is 2. The molecule has 0 saturated carbocycles. The summed E-state index contributed by atoms with van der Waals surface area (Å²) in [7, 11) is 2.28. The van der Waals surface area contributed by atoms with Crippen LogP contribution in [0, 0.1) is 5.92 Å². The van der Waals surface area contributed by atoms with Gasteiger partial charge in [-0.1, -0.05) is 19.8 Å². The summed E-state index contributed by atoms with van der Waals surface area (Å²) in [6, 6.07) is 0.774. The Balaban J connectivity index is 1.56. The number of nitrogens with one attached hydrogen (secondary N) is 1. The maximum absolute atomic E-state index is 3.71. The number of hydrogen-bond acceptors (Lipinski definition) is 3. The van der Waals surface area contributed by atoms with Gasteiger partial charge in [-0.15, -0.1) is 0 Å². The topological polar surface area (TPSA) is 18.5 Å². The van der Waals surface area contributed by atoms with E-state index < -0.39 is 0 Å². The molecule has 0 aromatic carbocycles. The lowest BCUT2D eigenvalue weighted by molar-refractivity contribution is 0.173. The number of likely N-dealkylation sites (tertiary alicyclic amines) is 2. The van der Waals surface area contributed by atoms with Crippen molar-refractivity contribution in [3.05, 3.63) is 0 Å². The minimum absolute atomic E-state index is 0.774. The molecule has 112 valence electrons. The standard InChI is InChI=1S/C16H33N3/c1-15(14-19-10-5-3-6-11-19)12-17-13-16-8-4-7-9-18(16)2/h15-17H,3-14H2,1-2H3. The van der Waals surface area contributed by atoms with Crippen molar-refractivity contribution in [3.8, 4) is 0 Å². The first-order valence-corrected chi connectivity index (χ1v) is 8.39. The molecule has 3 heteroatoms. The number of likely N-dealkylation sites (N-methyl/N-ethyl adjacent to an activating group) is 1. The number of nitrogens with zero attached hydrogens (tertiary/aromatic N) is 2. The lowest BCUT2D eigenvalue weighted by Crippen LogP contribution is -2.44. The predicted molar refractivity (Wildman–Crippen MR) is 82.6 cm³/mol. The van der Waals surface area contributed by atoms with Gasteiger partial charge in [0, 0.05) is 19.1 Å². The van der Waals surface area contributed by atoms with Crippen LogP contribution in [0.4, 0.5) is 0 Å². The number of rotatable bonds is 6. The average molecular weight is 267 g/mol. The zero-order valence-electron chi connectivity index (χ0n) is 13.0. The summed E-state index contributed by atoms with van der Waals surface area (Å²) in [4.78, 5) is 5.19. The maximum Gasteiger partial charge on any atom is 0.0217 e. The molecular formula is C16H33N3. The van der Waals surface area contributed by atoms with Crippen molar-refractivity contribution < 1.29 is 0 Å². The van der Waals surface area contributed by atoms with E-state index in [1.54, 1.807) is 0 Å². The minimum atomic E-state index is 0.774. The molecule has 1 N–H and O–H groups in total. The molecule has 3 nitrogen and oxygen atoms in total. The van der Waals surface area contributed by atoms with Gasteiger partial charge in [0.1, 0.15) is 0 Å². The molecule has 0 radical (unpaired) electrons. The van der Waals surface area contributed by atoms with Gasteiger partial charge in [-0.25, -0.2) is 0 Å². The van der Waals surface area contributed by atoms with E-state index in [4.69, 9.17) is 0 Å². The molecule has 2 unspecified atom stereocenters. The Kier molecular flexibility index (Phi) is 6.62. The minimum Gasteiger partial charge on any atom is -0.315 e. The molecule has 0 bridgehead atoms. The van der Waals surface area contributed by atoms with Crippen LogP contribution in [0.15, 0.2) is 0 Å². The molecule has 2 atom stereocenters. The lowest BCUT2D eigenvalue weighted by atomic mass is 10.0. The summed E-state index contributed by atoms with van der Waals surface area (Å²) in [5, 5.41) is 3.71. The summed E-state index contributed by atoms with van der Waals surface area (Å²) in [5.41, 5.74) is 0. The van der Waals surface area contributed by atoms with Crippen molar-refractivity contribution in [2.45, 2.75) is 51.5 Å². The van der Waals surface area contributed by atoms with Crippen LogP contribution >= 0.6 is 0 Å². The molecular weight excluding hydrogens is 234 g/mol. The molecule has 0 spiro atoms. The monoisotopic (exact) mass is 267 g/mol. The molecule has 19 heavy (non-hydrogen) atoms. The highest BCUT2D eigenvalue weighted by molar-refractivity contribution is 4.77. The Bertz CT molecular complexity index is 238. The number of hydrogen-bond donors (Lipinski definition) is 1. The van der Waals surface area contributed by atoms with Gasteiger partial charge in [-0.05, 0) is 64.8 Å². The van der Waals surface area contributed by atoms with Crippen molar-refractivity contribution in [1.82, 2.24) is 15.1 Å². The van der Waals surface area contributed by atoms with Crippen molar-refractivity contribution in [3.63, 3.8) is 0 Å². The summed E-state index contributed by atoms with van der Waals surface area (Å²) in [5.74, 6) is 0.784. The molecule has 2 heterocycles. The van der Waals surface area contributed by atoms with E-state index in [1.807, 2.05) is 0 Å². The van der Waals surface area contributed by atoms with Crippen LogP contribution in [-0.2, 0) is 0 Å². The summed E-state index contributed by atoms with van der Waals surface area (Å²) < 4.78 is 0. The Morgan fingerprint density at radius 2 is 1.79 bits per heavy atom. The van der Waals surface area contributed by atoms with E-state index in [0.29, 0.717) is 0 Å². The second-order valence-corrected chi connectivity index (χ2v) is 6.75. The molecule has 2 saturated heterocycles. The second-order valence-electron chi connectivity index (χ2n) is 6.75. The normalized spacial score (nSPS) is 28.4. The third kappa shape index (κ3) is 5.41. The zero-order valence-corrected chi connectivity index (χ0v) is 13.0. The van der Waals surface area contributed by atoms with Crippen molar-refractivity contribution in [1.29, 1.82) is 0 Å². The molecule has 2 rings (SSSR count). The van der Waals surface area contributed by atoms with Gasteiger partial charge in [-0.3, -0.25) is 0 Å². The van der Waals surface area contributed by atoms with Crippen LogP contribution in [0.1, 0.15) is 45.4 Å². The fourth-order valence-corrected chi connectivity index (χ4v) is 3.55. The van der Waals surface area contributed by atoms with Crippen LogP contribution in [0.2, 0.25) is 0 Å². The predicted octanol–water partition coefficient (Wildman–Crippen LogP) is 2.18. The Morgan fingerprint density at radius 1 is 1.05 bits per heavy atom. The van der Waals surface area contributed by atoms with Gasteiger partial charge >= 0.3 is 0 Å². The molecule has 0 aromatic rings. The van der Waals surface area contributed by atoms with Gasteiger partial charge < -0.3 is 15.1 Å². The zero-order chi connectivity index (χ0) is 13.5. The SMILES string of the molecule is CC(CNCC1CCCCN1C)CN1CCCCC1. The highest BCUT2D eigenvalue weighted by atomic mass is 15.2. The van der Waals surface area contributed by atoms with Gasteiger partial charge in [0.15, 0.2) is 0 Å². The highest BCUT2D eigenvalue weighted by Crippen LogP contribution is 2.14. The Hall–Kier alpha value is -0.120. The third-order valence-electron chi connectivity index (χ3n) is 4.81. The van der Waals surface area contributed by atoms with E-state index in [2.05, 4.69) is 29.1 Å². The smallest absolute Gasteiger partial charge is 0.0217 e. The Labute approximate surface area is 119 Å². The van der Waals surface area contributed by atoms with Gasteiger partial charge in [0.25, 0.3) is 0 Å². The van der Waals surface area contributed by atoms with E-state index in [0.717, 1.165) is 12.0 Å². The van der Waals surface area contributed by atoms with Crippen molar-refractivity contribution in [2.75, 3.05) is 46.3 Å². The fraction of sp³-hybridized carbons (Fsp3) is 1.00. The quantitative estimate of drug-likeness (QED) is 0.796. The Morgan fingerprint density at radius 3 is 2.53 bits per heavy atom.